The van der Waals surface area contributed by atoms with Crippen LogP contribution in [0.3, 0.4) is 0 Å². The molecule has 3 N–H and O–H groups in total. The molecule has 0 unspecified atom stereocenters. The first kappa shape index (κ1) is 12.1. The monoisotopic (exact) mass is 189 g/mol. The van der Waals surface area contributed by atoms with E-state index in [9.17, 15) is 4.80 Å². The molecular weight excluding hydrogens is 166 g/mol. The molecule has 0 saturated heterocycles. The van der Waals surface area contributed by atoms with Gasteiger partial charge in [-0.2, -0.15) is 0 Å². The zero-order chi connectivity index (χ0) is 9.99. The summed E-state index contributed by atoms with van der Waals surface area (Å²) in [4.78, 5) is 9.96. The van der Waals surface area contributed by atoms with E-state index >= 15 is 0 Å². The van der Waals surface area contributed by atoms with Crippen molar-refractivity contribution in [2.24, 2.45) is 5.73 Å². The standard InChI is InChI=1S/C9H23NOSi/c1-8(10)6-7-9(2,3)12(4,5)11/h8,11H,6-7,10H2,1-5H3/t8-/m1/s1. The zero-order valence-electron chi connectivity index (χ0n) is 9.02. The molecule has 0 aliphatic heterocycles. The molecule has 0 radical (unpaired) electrons. The van der Waals surface area contributed by atoms with Crippen LogP contribution in [0.25, 0.3) is 0 Å². The first-order valence-corrected chi connectivity index (χ1v) is 7.59. The first-order valence-electron chi connectivity index (χ1n) is 4.65. The van der Waals surface area contributed by atoms with Gasteiger partial charge in [0, 0.05) is 6.04 Å². The summed E-state index contributed by atoms with van der Waals surface area (Å²) in [6.07, 6.45) is 2.03. The molecule has 0 aromatic rings. The molecule has 0 aromatic heterocycles. The fourth-order valence-corrected chi connectivity index (χ4v) is 1.65. The molecule has 0 aliphatic carbocycles. The second-order valence-electron chi connectivity index (χ2n) is 4.96. The van der Waals surface area contributed by atoms with Crippen molar-refractivity contribution in [1.82, 2.24) is 0 Å². The topological polar surface area (TPSA) is 46.2 Å². The van der Waals surface area contributed by atoms with E-state index in [4.69, 9.17) is 5.73 Å². The quantitative estimate of drug-likeness (QED) is 0.665. The minimum Gasteiger partial charge on any atom is -0.432 e. The van der Waals surface area contributed by atoms with Crippen molar-refractivity contribution in [3.63, 3.8) is 0 Å². The van der Waals surface area contributed by atoms with Crippen molar-refractivity contribution in [3.8, 4) is 0 Å². The second kappa shape index (κ2) is 3.90. The molecule has 0 bridgehead atoms. The normalized spacial score (nSPS) is 16.2. The van der Waals surface area contributed by atoms with Crippen LogP contribution in [0, 0.1) is 0 Å². The van der Waals surface area contributed by atoms with Crippen LogP contribution in [0.1, 0.15) is 33.6 Å². The van der Waals surface area contributed by atoms with E-state index in [0.717, 1.165) is 12.8 Å². The lowest BCUT2D eigenvalue weighted by Gasteiger charge is -2.35. The Kier molecular flexibility index (Phi) is 3.94. The van der Waals surface area contributed by atoms with E-state index in [1.807, 2.05) is 20.0 Å². The Morgan fingerprint density at radius 3 is 2.08 bits per heavy atom. The van der Waals surface area contributed by atoms with Gasteiger partial charge < -0.3 is 10.5 Å². The molecule has 3 heteroatoms. The molecule has 0 aliphatic rings. The Bertz CT molecular complexity index is 138. The number of nitrogens with two attached hydrogens (primary N) is 1. The molecule has 2 nitrogen and oxygen atoms in total. The number of hydrogen-bond donors (Lipinski definition) is 2. The molecule has 1 atom stereocenters. The van der Waals surface area contributed by atoms with Crippen LogP contribution in [0.15, 0.2) is 0 Å². The van der Waals surface area contributed by atoms with Crippen molar-refractivity contribution < 1.29 is 4.80 Å². The molecule has 0 amide bonds. The first-order chi connectivity index (χ1) is 5.17. The van der Waals surface area contributed by atoms with Gasteiger partial charge in [0.25, 0.3) is 0 Å². The average Bonchev–Trinajstić information content (AvgIpc) is 1.81. The maximum Gasteiger partial charge on any atom is 0.188 e. The average molecular weight is 189 g/mol. The third-order valence-electron chi connectivity index (χ3n) is 2.88. The minimum atomic E-state index is -2.01. The summed E-state index contributed by atoms with van der Waals surface area (Å²) in [5.41, 5.74) is 5.68. The Morgan fingerprint density at radius 2 is 1.83 bits per heavy atom. The molecule has 0 heterocycles. The van der Waals surface area contributed by atoms with E-state index in [1.54, 1.807) is 0 Å². The molecular formula is C9H23NOSi. The Morgan fingerprint density at radius 1 is 1.42 bits per heavy atom. The lowest BCUT2D eigenvalue weighted by atomic mass is 10.0. The van der Waals surface area contributed by atoms with Crippen molar-refractivity contribution in [2.75, 3.05) is 0 Å². The van der Waals surface area contributed by atoms with Crippen LogP contribution in [-0.4, -0.2) is 19.2 Å². The molecule has 0 rings (SSSR count). The summed E-state index contributed by atoms with van der Waals surface area (Å²) in [5, 5.41) is 0.0840. The summed E-state index contributed by atoms with van der Waals surface area (Å²) in [6, 6.07) is 0.251. The highest BCUT2D eigenvalue weighted by molar-refractivity contribution is 6.72. The summed E-state index contributed by atoms with van der Waals surface area (Å²) < 4.78 is 0. The van der Waals surface area contributed by atoms with E-state index in [-0.39, 0.29) is 11.1 Å². The van der Waals surface area contributed by atoms with Gasteiger partial charge in [0.15, 0.2) is 8.32 Å². The lowest BCUT2D eigenvalue weighted by molar-refractivity contribution is 0.431. The van der Waals surface area contributed by atoms with Gasteiger partial charge in [-0.25, -0.2) is 0 Å². The van der Waals surface area contributed by atoms with Crippen molar-refractivity contribution in [2.45, 2.75) is 57.8 Å². The predicted octanol–water partition coefficient (Wildman–Crippen LogP) is 2.09. The Balaban J connectivity index is 4.05. The highest BCUT2D eigenvalue weighted by Crippen LogP contribution is 2.39. The molecule has 0 fully saturated rings. The van der Waals surface area contributed by atoms with Crippen molar-refractivity contribution in [3.05, 3.63) is 0 Å². The fourth-order valence-electron chi connectivity index (χ4n) is 0.894. The van der Waals surface area contributed by atoms with Crippen LogP contribution in [0.4, 0.5) is 0 Å². The maximum absolute atomic E-state index is 9.96. The third-order valence-corrected chi connectivity index (χ3v) is 6.44. The molecule has 12 heavy (non-hydrogen) atoms. The predicted molar refractivity (Wildman–Crippen MR) is 56.6 cm³/mol. The largest absolute Gasteiger partial charge is 0.432 e. The lowest BCUT2D eigenvalue weighted by Crippen LogP contribution is -2.39. The van der Waals surface area contributed by atoms with E-state index in [2.05, 4.69) is 13.8 Å². The second-order valence-corrected chi connectivity index (χ2v) is 9.43. The van der Waals surface area contributed by atoms with Crippen LogP contribution >= 0.6 is 0 Å². The van der Waals surface area contributed by atoms with Crippen LogP contribution in [-0.2, 0) is 0 Å². The number of hydrogen-bond acceptors (Lipinski definition) is 2. The minimum absolute atomic E-state index is 0.0840. The van der Waals surface area contributed by atoms with Gasteiger partial charge >= 0.3 is 0 Å². The van der Waals surface area contributed by atoms with E-state index in [1.165, 1.54) is 0 Å². The van der Waals surface area contributed by atoms with E-state index < -0.39 is 8.32 Å². The highest BCUT2D eigenvalue weighted by atomic mass is 28.4. The van der Waals surface area contributed by atoms with Gasteiger partial charge in [-0.1, -0.05) is 13.8 Å². The van der Waals surface area contributed by atoms with Gasteiger partial charge in [-0.05, 0) is 37.9 Å². The molecule has 74 valence electrons. The molecule has 0 aromatic carbocycles. The van der Waals surface area contributed by atoms with Crippen LogP contribution < -0.4 is 5.73 Å². The fraction of sp³-hybridized carbons (Fsp3) is 1.00. The SMILES string of the molecule is C[C@@H](N)CCC(C)(C)[Si](C)(C)O. The highest BCUT2D eigenvalue weighted by Gasteiger charge is 2.37. The summed E-state index contributed by atoms with van der Waals surface area (Å²) in [6.45, 7) is 10.3. The van der Waals surface area contributed by atoms with Crippen LogP contribution in [0.2, 0.25) is 18.1 Å². The molecule has 0 spiro atoms. The van der Waals surface area contributed by atoms with Gasteiger partial charge in [0.2, 0.25) is 0 Å². The molecule has 0 saturated carbocycles. The third kappa shape index (κ3) is 3.69. The van der Waals surface area contributed by atoms with Crippen LogP contribution in [0.5, 0.6) is 0 Å². The number of rotatable bonds is 4. The van der Waals surface area contributed by atoms with Gasteiger partial charge in [-0.3, -0.25) is 0 Å². The Hall–Kier alpha value is 0.137. The summed E-state index contributed by atoms with van der Waals surface area (Å²) >= 11 is 0. The van der Waals surface area contributed by atoms with Crippen molar-refractivity contribution >= 4 is 8.32 Å². The Labute approximate surface area is 77.3 Å². The summed E-state index contributed by atoms with van der Waals surface area (Å²) in [5.74, 6) is 0. The summed E-state index contributed by atoms with van der Waals surface area (Å²) in [7, 11) is -2.01. The zero-order valence-corrected chi connectivity index (χ0v) is 10.0. The van der Waals surface area contributed by atoms with Crippen molar-refractivity contribution in [1.29, 1.82) is 0 Å². The van der Waals surface area contributed by atoms with Gasteiger partial charge in [-0.15, -0.1) is 0 Å². The van der Waals surface area contributed by atoms with Gasteiger partial charge in [0.05, 0.1) is 0 Å². The van der Waals surface area contributed by atoms with Gasteiger partial charge in [0.1, 0.15) is 0 Å². The smallest absolute Gasteiger partial charge is 0.188 e. The van der Waals surface area contributed by atoms with E-state index in [0.29, 0.717) is 0 Å². The maximum atomic E-state index is 9.96.